The van der Waals surface area contributed by atoms with Gasteiger partial charge in [0.2, 0.25) is 0 Å². The number of piperidine rings is 1. The van der Waals surface area contributed by atoms with Crippen LogP contribution in [0.2, 0.25) is 0 Å². The van der Waals surface area contributed by atoms with Crippen molar-refractivity contribution in [3.05, 3.63) is 17.5 Å². The topological polar surface area (TPSA) is 47.4 Å². The molecule has 1 fully saturated rings. The summed E-state index contributed by atoms with van der Waals surface area (Å²) in [4.78, 5) is 13.6. The summed E-state index contributed by atoms with van der Waals surface area (Å²) < 4.78 is 44.9. The number of halogens is 3. The predicted octanol–water partition coefficient (Wildman–Crippen LogP) is 3.78. The first-order valence-electron chi connectivity index (χ1n) is 7.58. The Balaban J connectivity index is 2.00. The van der Waals surface area contributed by atoms with Crippen LogP contribution in [0.25, 0.3) is 0 Å². The lowest BCUT2D eigenvalue weighted by Crippen LogP contribution is -2.42. The Morgan fingerprint density at radius 1 is 1.26 bits per heavy atom. The molecule has 0 saturated carbocycles. The molecule has 0 atom stereocenters. The van der Waals surface area contributed by atoms with Crippen LogP contribution in [-0.4, -0.2) is 39.5 Å². The summed E-state index contributed by atoms with van der Waals surface area (Å²) in [5.74, 6) is 0. The highest BCUT2D eigenvalue weighted by atomic mass is 19.4. The molecule has 1 aliphatic heterocycles. The molecule has 130 valence electrons. The van der Waals surface area contributed by atoms with Crippen molar-refractivity contribution < 1.29 is 22.7 Å². The maximum atomic E-state index is 12.7. The van der Waals surface area contributed by atoms with Crippen LogP contribution in [0.15, 0.2) is 6.07 Å². The molecule has 1 amide bonds. The number of ether oxygens (including phenoxy) is 1. The Morgan fingerprint density at radius 3 is 2.26 bits per heavy atom. The van der Waals surface area contributed by atoms with Crippen LogP contribution < -0.4 is 0 Å². The van der Waals surface area contributed by atoms with Gasteiger partial charge in [-0.15, -0.1) is 0 Å². The van der Waals surface area contributed by atoms with Crippen molar-refractivity contribution in [2.45, 2.75) is 58.4 Å². The van der Waals surface area contributed by atoms with Gasteiger partial charge in [-0.2, -0.15) is 18.3 Å². The fourth-order valence-electron chi connectivity index (χ4n) is 2.62. The van der Waals surface area contributed by atoms with E-state index in [0.29, 0.717) is 31.6 Å². The van der Waals surface area contributed by atoms with Gasteiger partial charge in [0.25, 0.3) is 0 Å². The summed E-state index contributed by atoms with van der Waals surface area (Å²) in [7, 11) is 0. The van der Waals surface area contributed by atoms with E-state index in [1.165, 1.54) is 4.68 Å². The van der Waals surface area contributed by atoms with Gasteiger partial charge in [0.1, 0.15) is 5.60 Å². The molecule has 1 aliphatic rings. The van der Waals surface area contributed by atoms with E-state index < -0.39 is 17.5 Å². The standard InChI is InChI=1S/C15H22F3N3O2/c1-10-9-12(15(16,17)18)19-21(10)11-5-7-20(8-6-11)13(22)23-14(2,3)4/h9,11H,5-8H2,1-4H3. The number of amides is 1. The third kappa shape index (κ3) is 4.39. The van der Waals surface area contributed by atoms with Crippen LogP contribution in [0.1, 0.15) is 51.0 Å². The predicted molar refractivity (Wildman–Crippen MR) is 78.0 cm³/mol. The van der Waals surface area contributed by atoms with Gasteiger partial charge in [-0.25, -0.2) is 4.79 Å². The summed E-state index contributed by atoms with van der Waals surface area (Å²) in [6.45, 7) is 7.89. The van der Waals surface area contributed by atoms with Crippen molar-refractivity contribution in [1.29, 1.82) is 0 Å². The van der Waals surface area contributed by atoms with Gasteiger partial charge in [-0.05, 0) is 46.6 Å². The zero-order chi connectivity index (χ0) is 17.4. The zero-order valence-corrected chi connectivity index (χ0v) is 13.8. The molecule has 1 saturated heterocycles. The normalized spacial score (nSPS) is 17.4. The molecule has 0 N–H and O–H groups in total. The van der Waals surface area contributed by atoms with E-state index in [0.717, 1.165) is 6.07 Å². The molecule has 1 aromatic heterocycles. The Morgan fingerprint density at radius 2 is 1.83 bits per heavy atom. The second-order valence-electron chi connectivity index (χ2n) is 6.81. The Hall–Kier alpha value is -1.73. The number of rotatable bonds is 1. The van der Waals surface area contributed by atoms with Crippen molar-refractivity contribution >= 4 is 6.09 Å². The number of likely N-dealkylation sites (tertiary alicyclic amines) is 1. The van der Waals surface area contributed by atoms with Gasteiger partial charge in [0.15, 0.2) is 5.69 Å². The molecule has 0 radical (unpaired) electrons. The fourth-order valence-corrected chi connectivity index (χ4v) is 2.62. The van der Waals surface area contributed by atoms with Gasteiger partial charge in [0.05, 0.1) is 6.04 Å². The van der Waals surface area contributed by atoms with Crippen molar-refractivity contribution in [2.75, 3.05) is 13.1 Å². The van der Waals surface area contributed by atoms with Crippen molar-refractivity contribution in [3.8, 4) is 0 Å². The van der Waals surface area contributed by atoms with E-state index >= 15 is 0 Å². The highest BCUT2D eigenvalue weighted by Gasteiger charge is 2.36. The third-order valence-corrected chi connectivity index (χ3v) is 3.67. The first-order chi connectivity index (χ1) is 10.5. The number of hydrogen-bond donors (Lipinski definition) is 0. The number of hydrogen-bond acceptors (Lipinski definition) is 3. The van der Waals surface area contributed by atoms with E-state index in [2.05, 4.69) is 5.10 Å². The smallest absolute Gasteiger partial charge is 0.435 e. The molecule has 0 bridgehead atoms. The molecule has 23 heavy (non-hydrogen) atoms. The van der Waals surface area contributed by atoms with Gasteiger partial charge in [-0.3, -0.25) is 4.68 Å². The minimum atomic E-state index is -4.44. The fraction of sp³-hybridized carbons (Fsp3) is 0.733. The molecule has 0 aromatic carbocycles. The maximum Gasteiger partial charge on any atom is 0.435 e. The summed E-state index contributed by atoms with van der Waals surface area (Å²) in [5, 5.41) is 3.69. The molecule has 2 heterocycles. The van der Waals surface area contributed by atoms with E-state index in [9.17, 15) is 18.0 Å². The Kier molecular flexibility index (Phi) is 4.64. The van der Waals surface area contributed by atoms with Crippen LogP contribution in [-0.2, 0) is 10.9 Å². The summed E-state index contributed by atoms with van der Waals surface area (Å²) in [6, 6.07) is 0.921. The molecule has 2 rings (SSSR count). The van der Waals surface area contributed by atoms with Crippen molar-refractivity contribution in [2.24, 2.45) is 0 Å². The lowest BCUT2D eigenvalue weighted by atomic mass is 10.1. The molecule has 0 unspecified atom stereocenters. The van der Waals surface area contributed by atoms with E-state index in [1.807, 2.05) is 0 Å². The molecule has 0 aliphatic carbocycles. The van der Waals surface area contributed by atoms with E-state index in [1.54, 1.807) is 32.6 Å². The monoisotopic (exact) mass is 333 g/mol. The summed E-state index contributed by atoms with van der Waals surface area (Å²) in [6.07, 6.45) is -3.71. The Labute approximate surface area is 133 Å². The number of carbonyl (C=O) groups is 1. The number of alkyl halides is 3. The minimum absolute atomic E-state index is 0.134. The third-order valence-electron chi connectivity index (χ3n) is 3.67. The number of aryl methyl sites for hydroxylation is 1. The largest absolute Gasteiger partial charge is 0.444 e. The lowest BCUT2D eigenvalue weighted by Gasteiger charge is -2.33. The molecular formula is C15H22F3N3O2. The van der Waals surface area contributed by atoms with Gasteiger partial charge in [0, 0.05) is 18.8 Å². The first kappa shape index (κ1) is 17.6. The van der Waals surface area contributed by atoms with Crippen LogP contribution in [0.5, 0.6) is 0 Å². The molecule has 1 aromatic rings. The Bertz CT molecular complexity index is 568. The molecule has 0 spiro atoms. The van der Waals surface area contributed by atoms with Crippen LogP contribution in [0.4, 0.5) is 18.0 Å². The summed E-state index contributed by atoms with van der Waals surface area (Å²) >= 11 is 0. The average Bonchev–Trinajstić information content (AvgIpc) is 2.79. The number of carbonyl (C=O) groups excluding carboxylic acids is 1. The second kappa shape index (κ2) is 6.05. The van der Waals surface area contributed by atoms with E-state index in [4.69, 9.17) is 4.74 Å². The van der Waals surface area contributed by atoms with Crippen LogP contribution in [0.3, 0.4) is 0 Å². The lowest BCUT2D eigenvalue weighted by molar-refractivity contribution is -0.141. The average molecular weight is 333 g/mol. The minimum Gasteiger partial charge on any atom is -0.444 e. The molecular weight excluding hydrogens is 311 g/mol. The van der Waals surface area contributed by atoms with Gasteiger partial charge in [-0.1, -0.05) is 0 Å². The van der Waals surface area contributed by atoms with Crippen molar-refractivity contribution in [1.82, 2.24) is 14.7 Å². The molecule has 8 heteroatoms. The highest BCUT2D eigenvalue weighted by Crippen LogP contribution is 2.31. The summed E-state index contributed by atoms with van der Waals surface area (Å²) in [5.41, 5.74) is -0.952. The van der Waals surface area contributed by atoms with Gasteiger partial charge < -0.3 is 9.64 Å². The SMILES string of the molecule is Cc1cc(C(F)(F)F)nn1C1CCN(C(=O)OC(C)(C)C)CC1. The van der Waals surface area contributed by atoms with Crippen molar-refractivity contribution in [3.63, 3.8) is 0 Å². The number of aromatic nitrogens is 2. The second-order valence-corrected chi connectivity index (χ2v) is 6.81. The zero-order valence-electron chi connectivity index (χ0n) is 13.8. The van der Waals surface area contributed by atoms with Gasteiger partial charge >= 0.3 is 12.3 Å². The van der Waals surface area contributed by atoms with Crippen LogP contribution in [0, 0.1) is 6.92 Å². The van der Waals surface area contributed by atoms with Crippen LogP contribution >= 0.6 is 0 Å². The maximum absolute atomic E-state index is 12.7. The van der Waals surface area contributed by atoms with E-state index in [-0.39, 0.29) is 12.1 Å². The first-order valence-corrected chi connectivity index (χ1v) is 7.58. The number of nitrogens with zero attached hydrogens (tertiary/aromatic N) is 3. The highest BCUT2D eigenvalue weighted by molar-refractivity contribution is 5.68. The quantitative estimate of drug-likeness (QED) is 0.786. The molecule has 5 nitrogen and oxygen atoms in total.